The third-order valence-corrected chi connectivity index (χ3v) is 4.68. The van der Waals surface area contributed by atoms with Gasteiger partial charge in [-0.1, -0.05) is 34.9 Å². The maximum Gasteiger partial charge on any atom is 0.321 e. The Kier molecular flexibility index (Phi) is 7.75. The molecular weight excluding hydrogens is 363 g/mol. The molecule has 1 aliphatic carbocycles. The molecular formula is C18H22Cl2N2O3. The van der Waals surface area contributed by atoms with Crippen molar-refractivity contribution in [2.24, 2.45) is 0 Å². The number of hydrogen-bond acceptors (Lipinski definition) is 3. The van der Waals surface area contributed by atoms with E-state index in [1.54, 1.807) is 12.1 Å². The molecule has 1 aromatic rings. The quantitative estimate of drug-likeness (QED) is 0.585. The number of nitrogens with one attached hydrogen (secondary N) is 2. The predicted molar refractivity (Wildman–Crippen MR) is 100 cm³/mol. The zero-order valence-electron chi connectivity index (χ0n) is 13.9. The third kappa shape index (κ3) is 6.69. The molecule has 1 atom stereocenters. The van der Waals surface area contributed by atoms with Crippen LogP contribution in [0.3, 0.4) is 0 Å². The highest BCUT2D eigenvalue weighted by Crippen LogP contribution is 2.25. The smallest absolute Gasteiger partial charge is 0.321 e. The van der Waals surface area contributed by atoms with Gasteiger partial charge in [0.25, 0.3) is 0 Å². The standard InChI is InChI=1S/C18H22Cl2N2O3/c19-13-6-7-14(20)15(10-13)22-17(23)11-16(18(24)25)21-9-8-12-4-2-1-3-5-12/h4,6-7,10,16,21H,1-3,5,8-9,11H2,(H,22,23)(H,24,25). The van der Waals surface area contributed by atoms with Crippen molar-refractivity contribution < 1.29 is 14.7 Å². The summed E-state index contributed by atoms with van der Waals surface area (Å²) in [7, 11) is 0. The van der Waals surface area contributed by atoms with E-state index in [0.29, 0.717) is 22.3 Å². The van der Waals surface area contributed by atoms with Crippen LogP contribution in [0.2, 0.25) is 10.0 Å². The van der Waals surface area contributed by atoms with Crippen molar-refractivity contribution >= 4 is 40.8 Å². The van der Waals surface area contributed by atoms with Crippen LogP contribution in [0.1, 0.15) is 38.5 Å². The van der Waals surface area contributed by atoms with E-state index in [2.05, 4.69) is 16.7 Å². The minimum absolute atomic E-state index is 0.183. The summed E-state index contributed by atoms with van der Waals surface area (Å²) in [5, 5.41) is 15.7. The predicted octanol–water partition coefficient (Wildman–Crippen LogP) is 4.26. The molecule has 0 fully saturated rings. The largest absolute Gasteiger partial charge is 0.480 e. The van der Waals surface area contributed by atoms with Gasteiger partial charge in [0, 0.05) is 5.02 Å². The number of carboxylic acid groups (broad SMARTS) is 1. The number of carboxylic acids is 1. The molecule has 5 nitrogen and oxygen atoms in total. The molecule has 7 heteroatoms. The van der Waals surface area contributed by atoms with Crippen molar-refractivity contribution in [3.8, 4) is 0 Å². The van der Waals surface area contributed by atoms with Gasteiger partial charge in [0.05, 0.1) is 17.1 Å². The number of carbonyl (C=O) groups excluding carboxylic acids is 1. The summed E-state index contributed by atoms with van der Waals surface area (Å²) in [6, 6.07) is 3.77. The van der Waals surface area contributed by atoms with E-state index in [4.69, 9.17) is 23.2 Å². The van der Waals surface area contributed by atoms with E-state index in [-0.39, 0.29) is 6.42 Å². The minimum Gasteiger partial charge on any atom is -0.480 e. The first-order valence-corrected chi connectivity index (χ1v) is 9.10. The van der Waals surface area contributed by atoms with Gasteiger partial charge in [-0.25, -0.2) is 0 Å². The first-order valence-electron chi connectivity index (χ1n) is 8.34. The van der Waals surface area contributed by atoms with Gasteiger partial charge >= 0.3 is 5.97 Å². The summed E-state index contributed by atoms with van der Waals surface area (Å²) in [4.78, 5) is 23.5. The number of benzene rings is 1. The van der Waals surface area contributed by atoms with Crippen molar-refractivity contribution in [1.29, 1.82) is 0 Å². The summed E-state index contributed by atoms with van der Waals surface area (Å²) < 4.78 is 0. The average Bonchev–Trinajstić information content (AvgIpc) is 2.58. The van der Waals surface area contributed by atoms with Crippen LogP contribution in [0.15, 0.2) is 29.8 Å². The van der Waals surface area contributed by atoms with Crippen LogP contribution < -0.4 is 10.6 Å². The van der Waals surface area contributed by atoms with Gasteiger partial charge in [-0.3, -0.25) is 9.59 Å². The molecule has 0 heterocycles. The molecule has 0 saturated heterocycles. The van der Waals surface area contributed by atoms with E-state index >= 15 is 0 Å². The highest BCUT2D eigenvalue weighted by molar-refractivity contribution is 6.35. The fraction of sp³-hybridized carbons (Fsp3) is 0.444. The summed E-state index contributed by atoms with van der Waals surface area (Å²) in [5.74, 6) is -1.48. The molecule has 0 saturated carbocycles. The van der Waals surface area contributed by atoms with Crippen molar-refractivity contribution in [3.05, 3.63) is 39.9 Å². The Labute approximate surface area is 157 Å². The highest BCUT2D eigenvalue weighted by atomic mass is 35.5. The summed E-state index contributed by atoms with van der Waals surface area (Å²) in [6.07, 6.45) is 7.45. The maximum absolute atomic E-state index is 12.1. The van der Waals surface area contributed by atoms with Crippen molar-refractivity contribution in [2.45, 2.75) is 44.6 Å². The molecule has 0 aromatic heterocycles. The van der Waals surface area contributed by atoms with Gasteiger partial charge in [0.15, 0.2) is 0 Å². The van der Waals surface area contributed by atoms with Crippen LogP contribution in [0.4, 0.5) is 5.69 Å². The molecule has 1 aliphatic rings. The second kappa shape index (κ2) is 9.80. The number of hydrogen-bond donors (Lipinski definition) is 3. The number of rotatable bonds is 8. The van der Waals surface area contributed by atoms with Crippen LogP contribution in [0, 0.1) is 0 Å². The normalized spacial score (nSPS) is 15.4. The highest BCUT2D eigenvalue weighted by Gasteiger charge is 2.21. The Morgan fingerprint density at radius 3 is 2.72 bits per heavy atom. The topological polar surface area (TPSA) is 78.4 Å². The van der Waals surface area contributed by atoms with Crippen LogP contribution in [0.5, 0.6) is 0 Å². The summed E-state index contributed by atoms with van der Waals surface area (Å²) in [5.41, 5.74) is 1.73. The van der Waals surface area contributed by atoms with Gasteiger partial charge < -0.3 is 15.7 Å². The Morgan fingerprint density at radius 1 is 1.24 bits per heavy atom. The molecule has 0 bridgehead atoms. The lowest BCUT2D eigenvalue weighted by molar-refractivity contribution is -0.141. The zero-order chi connectivity index (χ0) is 18.2. The summed E-state index contributed by atoms with van der Waals surface area (Å²) in [6.45, 7) is 0.536. The van der Waals surface area contributed by atoms with Gasteiger partial charge in [-0.15, -0.1) is 0 Å². The fourth-order valence-corrected chi connectivity index (χ4v) is 3.10. The van der Waals surface area contributed by atoms with Crippen LogP contribution in [0.25, 0.3) is 0 Å². The van der Waals surface area contributed by atoms with E-state index in [1.165, 1.54) is 24.5 Å². The first-order chi connectivity index (χ1) is 12.0. The number of halogens is 2. The molecule has 0 spiro atoms. The van der Waals surface area contributed by atoms with E-state index in [9.17, 15) is 14.7 Å². The van der Waals surface area contributed by atoms with E-state index in [0.717, 1.165) is 19.3 Å². The molecule has 136 valence electrons. The molecule has 0 aliphatic heterocycles. The Morgan fingerprint density at radius 2 is 2.04 bits per heavy atom. The number of amides is 1. The molecule has 1 amide bonds. The maximum atomic E-state index is 12.1. The Hall–Kier alpha value is -1.56. The first kappa shape index (κ1) is 19.8. The van der Waals surface area contributed by atoms with Crippen LogP contribution >= 0.6 is 23.2 Å². The van der Waals surface area contributed by atoms with Gasteiger partial charge in [0.1, 0.15) is 6.04 Å². The molecule has 2 rings (SSSR count). The molecule has 0 radical (unpaired) electrons. The summed E-state index contributed by atoms with van der Waals surface area (Å²) >= 11 is 11.9. The second-order valence-electron chi connectivity index (χ2n) is 6.08. The van der Waals surface area contributed by atoms with E-state index < -0.39 is 17.9 Å². The lowest BCUT2D eigenvalue weighted by Crippen LogP contribution is -2.40. The fourth-order valence-electron chi connectivity index (χ4n) is 2.77. The minimum atomic E-state index is -1.05. The van der Waals surface area contributed by atoms with E-state index in [1.807, 2.05) is 0 Å². The van der Waals surface area contributed by atoms with Crippen LogP contribution in [-0.2, 0) is 9.59 Å². The van der Waals surface area contributed by atoms with Crippen molar-refractivity contribution in [3.63, 3.8) is 0 Å². The number of carbonyl (C=O) groups is 2. The number of anilines is 1. The van der Waals surface area contributed by atoms with Gasteiger partial charge in [0.2, 0.25) is 5.91 Å². The number of aliphatic carboxylic acids is 1. The molecule has 1 unspecified atom stereocenters. The molecule has 3 N–H and O–H groups in total. The van der Waals surface area contributed by atoms with Gasteiger partial charge in [-0.2, -0.15) is 0 Å². The Bertz CT molecular complexity index is 662. The zero-order valence-corrected chi connectivity index (χ0v) is 15.4. The lowest BCUT2D eigenvalue weighted by Gasteiger charge is -2.17. The third-order valence-electron chi connectivity index (χ3n) is 4.11. The monoisotopic (exact) mass is 384 g/mol. The van der Waals surface area contributed by atoms with Gasteiger partial charge in [-0.05, 0) is 56.8 Å². The van der Waals surface area contributed by atoms with Crippen molar-refractivity contribution in [2.75, 3.05) is 11.9 Å². The second-order valence-corrected chi connectivity index (χ2v) is 6.92. The SMILES string of the molecule is O=C(CC(NCCC1=CCCCC1)C(=O)O)Nc1cc(Cl)ccc1Cl. The lowest BCUT2D eigenvalue weighted by atomic mass is 9.97. The number of allylic oxidation sites excluding steroid dienone is 1. The molecule has 25 heavy (non-hydrogen) atoms. The Balaban J connectivity index is 1.85. The van der Waals surface area contributed by atoms with Crippen molar-refractivity contribution in [1.82, 2.24) is 5.32 Å². The molecule has 1 aromatic carbocycles. The van der Waals surface area contributed by atoms with Crippen LogP contribution in [-0.4, -0.2) is 29.6 Å². The average molecular weight is 385 g/mol.